The lowest BCUT2D eigenvalue weighted by atomic mass is 10.1. The molecule has 1 saturated heterocycles. The molecule has 2 aromatic heterocycles. The molecule has 0 unspecified atom stereocenters. The van der Waals surface area contributed by atoms with Crippen LogP contribution in [-0.4, -0.2) is 63.9 Å². The number of amides is 1. The number of fused-ring (bicyclic) bond motifs is 1. The maximum absolute atomic E-state index is 12.8. The molecule has 3 heterocycles. The predicted molar refractivity (Wildman–Crippen MR) is 96.9 cm³/mol. The molecule has 1 amide bonds. The summed E-state index contributed by atoms with van der Waals surface area (Å²) in [6.07, 6.45) is 1.57. The summed E-state index contributed by atoms with van der Waals surface area (Å²) in [5.41, 5.74) is 1.16. The first-order valence-electron chi connectivity index (χ1n) is 8.09. The molecule has 1 aliphatic rings. The van der Waals surface area contributed by atoms with Crippen molar-refractivity contribution in [3.63, 3.8) is 0 Å². The van der Waals surface area contributed by atoms with E-state index in [1.807, 2.05) is 12.1 Å². The van der Waals surface area contributed by atoms with Gasteiger partial charge in [-0.1, -0.05) is 11.6 Å². The van der Waals surface area contributed by atoms with Gasteiger partial charge < -0.3 is 14.5 Å². The van der Waals surface area contributed by atoms with Gasteiger partial charge in [0, 0.05) is 25.2 Å². The summed E-state index contributed by atoms with van der Waals surface area (Å²) in [6, 6.07) is 8.90. The number of ether oxygens (including phenoxy) is 1. The van der Waals surface area contributed by atoms with Gasteiger partial charge in [0.05, 0.1) is 18.7 Å². The molecule has 0 atom stereocenters. The molecule has 1 aromatic carbocycles. The van der Waals surface area contributed by atoms with E-state index in [4.69, 9.17) is 16.3 Å². The number of carbonyl (C=O) groups excluding carboxylic acids is 1. The minimum atomic E-state index is -0.115. The van der Waals surface area contributed by atoms with Crippen LogP contribution in [0.4, 0.5) is 5.82 Å². The van der Waals surface area contributed by atoms with Crippen LogP contribution in [0.5, 0.6) is 5.75 Å². The van der Waals surface area contributed by atoms with Gasteiger partial charge in [-0.15, -0.1) is 15.3 Å². The first-order chi connectivity index (χ1) is 12.6. The van der Waals surface area contributed by atoms with Crippen molar-refractivity contribution in [1.82, 2.24) is 24.7 Å². The fraction of sp³-hybridized carbons (Fsp3) is 0.294. The van der Waals surface area contributed by atoms with E-state index in [9.17, 15) is 4.79 Å². The smallest absolute Gasteiger partial charge is 0.257 e. The minimum Gasteiger partial charge on any atom is -0.496 e. The third kappa shape index (κ3) is 2.82. The van der Waals surface area contributed by atoms with E-state index in [0.717, 1.165) is 5.82 Å². The third-order valence-electron chi connectivity index (χ3n) is 4.59. The minimum absolute atomic E-state index is 0.0876. The lowest BCUT2D eigenvalue weighted by Gasteiger charge is -2.44. The zero-order valence-electron chi connectivity index (χ0n) is 14.3. The molecule has 1 fully saturated rings. The van der Waals surface area contributed by atoms with E-state index >= 15 is 0 Å². The lowest BCUT2D eigenvalue weighted by Crippen LogP contribution is -2.60. The topological polar surface area (TPSA) is 75.9 Å². The van der Waals surface area contributed by atoms with Gasteiger partial charge in [0.1, 0.15) is 17.9 Å². The van der Waals surface area contributed by atoms with Crippen LogP contribution in [0, 0.1) is 0 Å². The SMILES string of the molecule is COc1ccc(Cl)cc1C(=O)N(C)C1CN(c2ccc3nncn3n2)C1. The van der Waals surface area contributed by atoms with E-state index in [2.05, 4.69) is 20.2 Å². The van der Waals surface area contributed by atoms with E-state index in [1.165, 1.54) is 7.11 Å². The summed E-state index contributed by atoms with van der Waals surface area (Å²) in [4.78, 5) is 16.7. The second kappa shape index (κ2) is 6.45. The molecule has 0 aliphatic carbocycles. The Morgan fingerprint density at radius 2 is 2.12 bits per heavy atom. The average molecular weight is 373 g/mol. The second-order valence-corrected chi connectivity index (χ2v) is 6.58. The summed E-state index contributed by atoms with van der Waals surface area (Å²) in [5.74, 6) is 1.23. The molecule has 0 bridgehead atoms. The Labute approximate surface area is 154 Å². The molecule has 1 aliphatic heterocycles. The zero-order valence-corrected chi connectivity index (χ0v) is 15.1. The quantitative estimate of drug-likeness (QED) is 0.694. The average Bonchev–Trinajstić information content (AvgIpc) is 3.07. The number of nitrogens with zero attached hydrogens (tertiary/aromatic N) is 6. The van der Waals surface area contributed by atoms with Crippen LogP contribution in [-0.2, 0) is 0 Å². The second-order valence-electron chi connectivity index (χ2n) is 6.14. The first kappa shape index (κ1) is 16.6. The summed E-state index contributed by atoms with van der Waals surface area (Å²) < 4.78 is 6.92. The number of rotatable bonds is 4. The van der Waals surface area contributed by atoms with Gasteiger partial charge in [-0.05, 0) is 30.3 Å². The normalized spacial score (nSPS) is 14.3. The van der Waals surface area contributed by atoms with Crippen molar-refractivity contribution in [2.24, 2.45) is 0 Å². The molecule has 0 radical (unpaired) electrons. The number of anilines is 1. The van der Waals surface area contributed by atoms with Crippen molar-refractivity contribution < 1.29 is 9.53 Å². The van der Waals surface area contributed by atoms with Gasteiger partial charge in [-0.25, -0.2) is 0 Å². The molecule has 8 nitrogen and oxygen atoms in total. The maximum atomic E-state index is 12.8. The Morgan fingerprint density at radius 1 is 1.31 bits per heavy atom. The molecule has 9 heteroatoms. The van der Waals surface area contributed by atoms with Crippen molar-refractivity contribution in [2.75, 3.05) is 32.1 Å². The zero-order chi connectivity index (χ0) is 18.3. The van der Waals surface area contributed by atoms with Crippen LogP contribution in [0.3, 0.4) is 0 Å². The highest BCUT2D eigenvalue weighted by molar-refractivity contribution is 6.31. The van der Waals surface area contributed by atoms with Crippen molar-refractivity contribution in [3.8, 4) is 5.75 Å². The number of aromatic nitrogens is 4. The molecule has 0 saturated carbocycles. The molecule has 3 aromatic rings. The number of benzene rings is 1. The molecule has 4 rings (SSSR count). The number of hydrogen-bond donors (Lipinski definition) is 0. The van der Waals surface area contributed by atoms with Crippen LogP contribution in [0.1, 0.15) is 10.4 Å². The predicted octanol–water partition coefficient (Wildman–Crippen LogP) is 1.75. The largest absolute Gasteiger partial charge is 0.496 e. The van der Waals surface area contributed by atoms with Crippen molar-refractivity contribution in [2.45, 2.75) is 6.04 Å². The number of carbonyl (C=O) groups is 1. The molecule has 0 spiro atoms. The van der Waals surface area contributed by atoms with E-state index in [1.54, 1.807) is 41.0 Å². The van der Waals surface area contributed by atoms with Gasteiger partial charge in [0.15, 0.2) is 5.65 Å². The van der Waals surface area contributed by atoms with Crippen LogP contribution in [0.15, 0.2) is 36.7 Å². The summed E-state index contributed by atoms with van der Waals surface area (Å²) >= 11 is 6.04. The number of likely N-dealkylation sites (N-methyl/N-ethyl adjacent to an activating group) is 1. The summed E-state index contributed by atoms with van der Waals surface area (Å²) in [6.45, 7) is 1.40. The molecule has 26 heavy (non-hydrogen) atoms. The van der Waals surface area contributed by atoms with E-state index in [0.29, 0.717) is 35.1 Å². The summed E-state index contributed by atoms with van der Waals surface area (Å²) in [7, 11) is 3.33. The molecule has 134 valence electrons. The van der Waals surface area contributed by atoms with Gasteiger partial charge in [0.25, 0.3) is 5.91 Å². The van der Waals surface area contributed by atoms with Gasteiger partial charge in [-0.3, -0.25) is 4.79 Å². The highest BCUT2D eigenvalue weighted by Gasteiger charge is 2.34. The molecular formula is C17H17ClN6O2. The summed E-state index contributed by atoms with van der Waals surface area (Å²) in [5, 5.41) is 12.7. The lowest BCUT2D eigenvalue weighted by molar-refractivity contribution is 0.0701. The van der Waals surface area contributed by atoms with Gasteiger partial charge in [-0.2, -0.15) is 4.52 Å². The number of hydrogen-bond acceptors (Lipinski definition) is 6. The Morgan fingerprint density at radius 3 is 2.88 bits per heavy atom. The van der Waals surface area contributed by atoms with Gasteiger partial charge >= 0.3 is 0 Å². The van der Waals surface area contributed by atoms with Gasteiger partial charge in [0.2, 0.25) is 0 Å². The maximum Gasteiger partial charge on any atom is 0.257 e. The fourth-order valence-electron chi connectivity index (χ4n) is 2.98. The monoisotopic (exact) mass is 372 g/mol. The van der Waals surface area contributed by atoms with Crippen molar-refractivity contribution in [1.29, 1.82) is 0 Å². The van der Waals surface area contributed by atoms with Crippen LogP contribution in [0.2, 0.25) is 5.02 Å². The van der Waals surface area contributed by atoms with E-state index in [-0.39, 0.29) is 11.9 Å². The van der Waals surface area contributed by atoms with Crippen molar-refractivity contribution >= 4 is 29.0 Å². The Bertz CT molecular complexity index is 969. The fourth-order valence-corrected chi connectivity index (χ4v) is 3.15. The van der Waals surface area contributed by atoms with Crippen LogP contribution >= 0.6 is 11.6 Å². The standard InChI is InChI=1S/C17H17ClN6O2/c1-22(17(25)13-7-11(18)3-4-14(13)26-2)12-8-23(9-12)16-6-5-15-20-19-10-24(15)21-16/h3-7,10,12H,8-9H2,1-2H3. The first-order valence-corrected chi connectivity index (χ1v) is 8.47. The van der Waals surface area contributed by atoms with Crippen LogP contribution < -0.4 is 9.64 Å². The highest BCUT2D eigenvalue weighted by atomic mass is 35.5. The highest BCUT2D eigenvalue weighted by Crippen LogP contribution is 2.27. The third-order valence-corrected chi connectivity index (χ3v) is 4.83. The Balaban J connectivity index is 1.46. The molecular weight excluding hydrogens is 356 g/mol. The number of halogens is 1. The Hall–Kier alpha value is -2.87. The van der Waals surface area contributed by atoms with Crippen LogP contribution in [0.25, 0.3) is 5.65 Å². The van der Waals surface area contributed by atoms with Crippen molar-refractivity contribution in [3.05, 3.63) is 47.2 Å². The molecule has 0 N–H and O–H groups in total. The number of methoxy groups -OCH3 is 1. The van der Waals surface area contributed by atoms with E-state index < -0.39 is 0 Å². The Kier molecular flexibility index (Phi) is 4.12.